The van der Waals surface area contributed by atoms with E-state index in [0.29, 0.717) is 17.9 Å². The second-order valence-corrected chi connectivity index (χ2v) is 6.02. The van der Waals surface area contributed by atoms with Gasteiger partial charge in [0.1, 0.15) is 11.5 Å². The minimum atomic E-state index is -0.0539. The van der Waals surface area contributed by atoms with Gasteiger partial charge in [-0.05, 0) is 37.3 Å². The molecule has 25 heavy (non-hydrogen) atoms. The topological polar surface area (TPSA) is 47.4 Å². The van der Waals surface area contributed by atoms with Gasteiger partial charge in [-0.2, -0.15) is 5.10 Å². The summed E-state index contributed by atoms with van der Waals surface area (Å²) >= 11 is 0. The molecule has 0 unspecified atom stereocenters. The van der Waals surface area contributed by atoms with Crippen LogP contribution in [0, 0.1) is 6.92 Å². The summed E-state index contributed by atoms with van der Waals surface area (Å²) in [6.07, 6.45) is 1.94. The van der Waals surface area contributed by atoms with E-state index < -0.39 is 0 Å². The standard InChI is InChI=1S/C20H21N3O2/c1-15-17(14-23(3)21-15)13-22(2)20(24)16-8-7-11-19(12-16)25-18-9-5-4-6-10-18/h4-12,14H,13H2,1-3H3. The van der Waals surface area contributed by atoms with Gasteiger partial charge in [-0.3, -0.25) is 9.48 Å². The fraction of sp³-hybridized carbons (Fsp3) is 0.200. The number of ether oxygens (including phenoxy) is 1. The summed E-state index contributed by atoms with van der Waals surface area (Å²) in [5.74, 6) is 1.33. The zero-order valence-electron chi connectivity index (χ0n) is 14.6. The fourth-order valence-corrected chi connectivity index (χ4v) is 2.67. The Morgan fingerprint density at radius 2 is 1.84 bits per heavy atom. The van der Waals surface area contributed by atoms with E-state index in [4.69, 9.17) is 4.74 Å². The summed E-state index contributed by atoms with van der Waals surface area (Å²) in [6.45, 7) is 2.46. The maximum absolute atomic E-state index is 12.7. The van der Waals surface area contributed by atoms with Crippen LogP contribution in [0.15, 0.2) is 60.8 Å². The van der Waals surface area contributed by atoms with Crippen molar-refractivity contribution in [1.29, 1.82) is 0 Å². The number of carbonyl (C=O) groups is 1. The minimum Gasteiger partial charge on any atom is -0.457 e. The van der Waals surface area contributed by atoms with Gasteiger partial charge in [0.15, 0.2) is 0 Å². The van der Waals surface area contributed by atoms with Crippen molar-refractivity contribution in [3.63, 3.8) is 0 Å². The molecule has 0 fully saturated rings. The highest BCUT2D eigenvalue weighted by molar-refractivity contribution is 5.94. The summed E-state index contributed by atoms with van der Waals surface area (Å²) < 4.78 is 7.57. The van der Waals surface area contributed by atoms with Crippen molar-refractivity contribution in [2.75, 3.05) is 7.05 Å². The highest BCUT2D eigenvalue weighted by Crippen LogP contribution is 2.22. The number of rotatable bonds is 5. The first-order valence-corrected chi connectivity index (χ1v) is 8.10. The van der Waals surface area contributed by atoms with Gasteiger partial charge in [0.25, 0.3) is 5.91 Å². The summed E-state index contributed by atoms with van der Waals surface area (Å²) in [5, 5.41) is 4.32. The van der Waals surface area contributed by atoms with Crippen LogP contribution in [-0.2, 0) is 13.6 Å². The molecular formula is C20H21N3O2. The fourth-order valence-electron chi connectivity index (χ4n) is 2.67. The first-order valence-electron chi connectivity index (χ1n) is 8.10. The maximum Gasteiger partial charge on any atom is 0.254 e. The summed E-state index contributed by atoms with van der Waals surface area (Å²) in [6, 6.07) is 16.8. The number of aryl methyl sites for hydroxylation is 2. The van der Waals surface area contributed by atoms with Crippen LogP contribution in [0.3, 0.4) is 0 Å². The molecule has 3 aromatic rings. The van der Waals surface area contributed by atoms with Crippen molar-refractivity contribution in [3.8, 4) is 11.5 Å². The third-order valence-corrected chi connectivity index (χ3v) is 3.93. The number of hydrogen-bond acceptors (Lipinski definition) is 3. The average molecular weight is 335 g/mol. The van der Waals surface area contributed by atoms with E-state index in [-0.39, 0.29) is 5.91 Å². The largest absolute Gasteiger partial charge is 0.457 e. The molecule has 0 radical (unpaired) electrons. The van der Waals surface area contributed by atoms with Crippen LogP contribution in [-0.4, -0.2) is 27.6 Å². The highest BCUT2D eigenvalue weighted by atomic mass is 16.5. The van der Waals surface area contributed by atoms with Crippen molar-refractivity contribution in [1.82, 2.24) is 14.7 Å². The van der Waals surface area contributed by atoms with Crippen LogP contribution >= 0.6 is 0 Å². The van der Waals surface area contributed by atoms with Crippen molar-refractivity contribution in [3.05, 3.63) is 77.6 Å². The van der Waals surface area contributed by atoms with E-state index in [9.17, 15) is 4.79 Å². The third kappa shape index (κ3) is 4.07. The molecule has 0 aliphatic rings. The Balaban J connectivity index is 1.73. The molecule has 0 aliphatic carbocycles. The molecule has 0 saturated carbocycles. The molecule has 5 nitrogen and oxygen atoms in total. The van der Waals surface area contributed by atoms with E-state index in [1.165, 1.54) is 0 Å². The van der Waals surface area contributed by atoms with Crippen molar-refractivity contribution >= 4 is 5.91 Å². The van der Waals surface area contributed by atoms with Crippen LogP contribution in [0.5, 0.6) is 11.5 Å². The molecule has 2 aromatic carbocycles. The summed E-state index contributed by atoms with van der Waals surface area (Å²) in [4.78, 5) is 14.4. The zero-order chi connectivity index (χ0) is 17.8. The molecule has 0 spiro atoms. The predicted molar refractivity (Wildman–Crippen MR) is 96.7 cm³/mol. The molecule has 128 valence electrons. The minimum absolute atomic E-state index is 0.0539. The molecule has 1 heterocycles. The molecule has 3 rings (SSSR count). The molecular weight excluding hydrogens is 314 g/mol. The van der Waals surface area contributed by atoms with Crippen LogP contribution in [0.25, 0.3) is 0 Å². The van der Waals surface area contributed by atoms with Gasteiger partial charge >= 0.3 is 0 Å². The molecule has 5 heteroatoms. The summed E-state index contributed by atoms with van der Waals surface area (Å²) in [7, 11) is 3.67. The number of hydrogen-bond donors (Lipinski definition) is 0. The Morgan fingerprint density at radius 3 is 2.52 bits per heavy atom. The van der Waals surface area contributed by atoms with Gasteiger partial charge in [0, 0.05) is 38.0 Å². The second kappa shape index (κ2) is 7.21. The molecule has 1 aromatic heterocycles. The monoisotopic (exact) mass is 335 g/mol. The van der Waals surface area contributed by atoms with Gasteiger partial charge in [-0.1, -0.05) is 24.3 Å². The number of para-hydroxylation sites is 1. The highest BCUT2D eigenvalue weighted by Gasteiger charge is 2.15. The number of benzene rings is 2. The molecule has 0 saturated heterocycles. The number of aromatic nitrogens is 2. The second-order valence-electron chi connectivity index (χ2n) is 6.02. The van der Waals surface area contributed by atoms with Gasteiger partial charge in [0.05, 0.1) is 5.69 Å². The lowest BCUT2D eigenvalue weighted by molar-refractivity contribution is 0.0784. The Labute approximate surface area is 147 Å². The van der Waals surface area contributed by atoms with Crippen molar-refractivity contribution < 1.29 is 9.53 Å². The molecule has 0 N–H and O–H groups in total. The van der Waals surface area contributed by atoms with E-state index >= 15 is 0 Å². The van der Waals surface area contributed by atoms with E-state index in [0.717, 1.165) is 17.0 Å². The molecule has 0 bridgehead atoms. The average Bonchev–Trinajstić information content (AvgIpc) is 2.92. The Kier molecular flexibility index (Phi) is 4.84. The van der Waals surface area contributed by atoms with E-state index in [1.54, 1.807) is 28.8 Å². The van der Waals surface area contributed by atoms with Gasteiger partial charge in [0.2, 0.25) is 0 Å². The smallest absolute Gasteiger partial charge is 0.254 e. The number of amides is 1. The van der Waals surface area contributed by atoms with Crippen molar-refractivity contribution in [2.45, 2.75) is 13.5 Å². The quantitative estimate of drug-likeness (QED) is 0.713. The number of carbonyl (C=O) groups excluding carboxylic acids is 1. The SMILES string of the molecule is Cc1nn(C)cc1CN(C)C(=O)c1cccc(Oc2ccccc2)c1. The molecule has 0 aliphatic heterocycles. The lowest BCUT2D eigenvalue weighted by Crippen LogP contribution is -2.26. The lowest BCUT2D eigenvalue weighted by Gasteiger charge is -2.17. The van der Waals surface area contributed by atoms with Gasteiger partial charge in [-0.25, -0.2) is 0 Å². The predicted octanol–water partition coefficient (Wildman–Crippen LogP) is 3.79. The lowest BCUT2D eigenvalue weighted by atomic mass is 10.1. The first-order chi connectivity index (χ1) is 12.0. The Hall–Kier alpha value is -3.08. The summed E-state index contributed by atoms with van der Waals surface area (Å²) in [5.41, 5.74) is 2.57. The van der Waals surface area contributed by atoms with Gasteiger partial charge in [-0.15, -0.1) is 0 Å². The van der Waals surface area contributed by atoms with E-state index in [2.05, 4.69) is 5.10 Å². The van der Waals surface area contributed by atoms with E-state index in [1.807, 2.05) is 62.6 Å². The molecule has 0 atom stereocenters. The van der Waals surface area contributed by atoms with Crippen LogP contribution in [0.2, 0.25) is 0 Å². The van der Waals surface area contributed by atoms with Crippen LogP contribution in [0.1, 0.15) is 21.6 Å². The first kappa shape index (κ1) is 16.8. The zero-order valence-corrected chi connectivity index (χ0v) is 14.6. The normalized spacial score (nSPS) is 10.5. The van der Waals surface area contributed by atoms with Crippen LogP contribution in [0.4, 0.5) is 0 Å². The molecule has 1 amide bonds. The van der Waals surface area contributed by atoms with Crippen molar-refractivity contribution in [2.24, 2.45) is 7.05 Å². The number of nitrogens with zero attached hydrogens (tertiary/aromatic N) is 3. The van der Waals surface area contributed by atoms with Gasteiger partial charge < -0.3 is 9.64 Å². The van der Waals surface area contributed by atoms with Crippen LogP contribution < -0.4 is 4.74 Å². The Morgan fingerprint density at radius 1 is 1.12 bits per heavy atom. The maximum atomic E-state index is 12.7. The Bertz CT molecular complexity index is 872. The third-order valence-electron chi connectivity index (χ3n) is 3.93.